The van der Waals surface area contributed by atoms with E-state index >= 15 is 0 Å². The second kappa shape index (κ2) is 9.36. The van der Waals surface area contributed by atoms with Crippen LogP contribution in [0.4, 0.5) is 5.95 Å². The molecule has 0 bridgehead atoms. The Morgan fingerprint density at radius 3 is 2.65 bits per heavy atom. The van der Waals surface area contributed by atoms with E-state index in [0.717, 1.165) is 16.7 Å². The highest BCUT2D eigenvalue weighted by Gasteiger charge is 2.21. The van der Waals surface area contributed by atoms with Crippen molar-refractivity contribution in [1.29, 1.82) is 0 Å². The monoisotopic (exact) mass is 430 g/mol. The fourth-order valence-corrected chi connectivity index (χ4v) is 3.31. The first-order chi connectivity index (χ1) is 14.7. The van der Waals surface area contributed by atoms with E-state index in [1.165, 1.54) is 11.6 Å². The fraction of sp³-hybridized carbons (Fsp3) is 0.476. The number of aliphatic hydroxyl groups excluding tert-OH is 1. The zero-order valence-electron chi connectivity index (χ0n) is 18.6. The summed E-state index contributed by atoms with van der Waals surface area (Å²) in [6.07, 6.45) is -0.894. The number of aryl methyl sites for hydroxylation is 2. The molecule has 0 radical (unpaired) electrons. The predicted molar refractivity (Wildman–Crippen MR) is 120 cm³/mol. The van der Waals surface area contributed by atoms with Crippen molar-refractivity contribution in [3.05, 3.63) is 50.7 Å². The van der Waals surface area contributed by atoms with Crippen LogP contribution < -0.4 is 21.3 Å². The van der Waals surface area contributed by atoms with E-state index in [-0.39, 0.29) is 24.3 Å². The maximum Gasteiger partial charge on any atom is 0.332 e. The van der Waals surface area contributed by atoms with Gasteiger partial charge < -0.3 is 24.6 Å². The molecule has 0 fully saturated rings. The number of ether oxygens (including phenoxy) is 1. The molecule has 0 aliphatic carbocycles. The van der Waals surface area contributed by atoms with E-state index < -0.39 is 17.4 Å². The van der Waals surface area contributed by atoms with Gasteiger partial charge in [-0.15, -0.1) is 0 Å². The molecule has 0 amide bonds. The lowest BCUT2D eigenvalue weighted by atomic mass is 10.2. The Bertz CT molecular complexity index is 1180. The highest BCUT2D eigenvalue weighted by Crippen LogP contribution is 2.17. The third-order valence-corrected chi connectivity index (χ3v) is 5.02. The highest BCUT2D eigenvalue weighted by atomic mass is 16.5. The quantitative estimate of drug-likeness (QED) is 0.498. The number of aromatic nitrogens is 4. The molecule has 1 atom stereocenters. The van der Waals surface area contributed by atoms with Crippen LogP contribution >= 0.6 is 0 Å². The van der Waals surface area contributed by atoms with Crippen LogP contribution in [0.5, 0.6) is 5.75 Å². The summed E-state index contributed by atoms with van der Waals surface area (Å²) < 4.78 is 9.71. The molecule has 0 aliphatic heterocycles. The van der Waals surface area contributed by atoms with Gasteiger partial charge in [0, 0.05) is 27.2 Å². The van der Waals surface area contributed by atoms with Gasteiger partial charge in [-0.05, 0) is 38.7 Å². The summed E-state index contributed by atoms with van der Waals surface area (Å²) in [5.41, 5.74) is 0.673. The number of rotatable bonds is 9. The minimum absolute atomic E-state index is 0.0480. The lowest BCUT2D eigenvalue weighted by Crippen LogP contribution is -2.38. The van der Waals surface area contributed by atoms with E-state index in [0.29, 0.717) is 18.2 Å². The third kappa shape index (κ3) is 4.97. The Kier molecular flexibility index (Phi) is 6.81. The Balaban J connectivity index is 1.92. The predicted octanol–water partition coefficient (Wildman–Crippen LogP) is 0.156. The molecule has 168 valence electrons. The van der Waals surface area contributed by atoms with Crippen molar-refractivity contribution in [3.63, 3.8) is 0 Å². The van der Waals surface area contributed by atoms with Gasteiger partial charge in [-0.25, -0.2) is 4.79 Å². The number of imidazole rings is 1. The Labute approximate surface area is 180 Å². The molecular weight excluding hydrogens is 400 g/mol. The van der Waals surface area contributed by atoms with Crippen LogP contribution in [0.3, 0.4) is 0 Å². The van der Waals surface area contributed by atoms with Gasteiger partial charge in [-0.1, -0.05) is 12.1 Å². The number of nitrogens with one attached hydrogen (secondary N) is 1. The number of hydrogen-bond acceptors (Lipinski definition) is 7. The smallest absolute Gasteiger partial charge is 0.332 e. The van der Waals surface area contributed by atoms with Crippen LogP contribution in [0.2, 0.25) is 0 Å². The van der Waals surface area contributed by atoms with E-state index in [9.17, 15) is 14.7 Å². The average molecular weight is 431 g/mol. The van der Waals surface area contributed by atoms with Crippen LogP contribution in [0.25, 0.3) is 11.2 Å². The maximum absolute atomic E-state index is 12.9. The minimum atomic E-state index is -0.894. The van der Waals surface area contributed by atoms with Gasteiger partial charge in [0.15, 0.2) is 11.2 Å². The summed E-state index contributed by atoms with van der Waals surface area (Å²) in [5.74, 6) is 1.09. The second-order valence-corrected chi connectivity index (χ2v) is 7.94. The van der Waals surface area contributed by atoms with E-state index in [2.05, 4.69) is 10.3 Å². The summed E-state index contributed by atoms with van der Waals surface area (Å²) in [6, 6.07) is 7.56. The van der Waals surface area contributed by atoms with E-state index in [1.807, 2.05) is 50.2 Å². The molecule has 0 spiro atoms. The molecule has 2 heterocycles. The molecule has 3 rings (SSSR count). The van der Waals surface area contributed by atoms with Crippen LogP contribution in [0, 0.1) is 6.92 Å². The number of nitrogens with zero attached hydrogens (tertiary/aromatic N) is 5. The molecule has 0 aliphatic rings. The zero-order chi connectivity index (χ0) is 22.7. The molecule has 2 aromatic heterocycles. The van der Waals surface area contributed by atoms with Gasteiger partial charge in [0.05, 0.1) is 6.54 Å². The maximum atomic E-state index is 12.9. The summed E-state index contributed by atoms with van der Waals surface area (Å²) in [7, 11) is 6.91. The number of likely N-dealkylation sites (N-methyl/N-ethyl adjacent to an activating group) is 1. The molecule has 0 saturated heterocycles. The number of fused-ring (bicyclic) bond motifs is 1. The summed E-state index contributed by atoms with van der Waals surface area (Å²) in [4.78, 5) is 31.7. The molecular formula is C21H30N6O4. The van der Waals surface area contributed by atoms with Gasteiger partial charge in [0.2, 0.25) is 5.95 Å². The van der Waals surface area contributed by atoms with Crippen LogP contribution in [-0.4, -0.2) is 68.6 Å². The standard InChI is InChI=1S/C21H30N6O4/c1-14-7-6-8-16(11-14)31-13-15(28)12-27-17-18(23-20(27)22-9-10-24(2)3)25(4)21(30)26(5)19(17)29/h6-8,11,15,28H,9-10,12-13H2,1-5H3,(H,22,23)/t15-/m1/s1. The van der Waals surface area contributed by atoms with Crippen molar-refractivity contribution >= 4 is 17.1 Å². The lowest BCUT2D eigenvalue weighted by molar-refractivity contribution is 0.0938. The lowest BCUT2D eigenvalue weighted by Gasteiger charge is -2.17. The molecule has 2 N–H and O–H groups in total. The van der Waals surface area contributed by atoms with Crippen molar-refractivity contribution in [3.8, 4) is 5.75 Å². The first kappa shape index (κ1) is 22.6. The highest BCUT2D eigenvalue weighted by molar-refractivity contribution is 5.74. The van der Waals surface area contributed by atoms with Crippen LogP contribution in [0.15, 0.2) is 33.9 Å². The first-order valence-corrected chi connectivity index (χ1v) is 10.1. The van der Waals surface area contributed by atoms with Crippen molar-refractivity contribution in [1.82, 2.24) is 23.6 Å². The van der Waals surface area contributed by atoms with Gasteiger partial charge >= 0.3 is 5.69 Å². The molecule has 10 heteroatoms. The SMILES string of the molecule is Cc1cccc(OC[C@H](O)Cn2c(NCCN(C)C)nc3c2c(=O)n(C)c(=O)n3C)c1. The van der Waals surface area contributed by atoms with Gasteiger partial charge in [0.25, 0.3) is 5.56 Å². The molecule has 31 heavy (non-hydrogen) atoms. The Hall–Kier alpha value is -3.11. The number of aliphatic hydroxyl groups is 1. The number of benzene rings is 1. The second-order valence-electron chi connectivity index (χ2n) is 7.94. The van der Waals surface area contributed by atoms with Crippen molar-refractivity contribution in [2.24, 2.45) is 14.1 Å². The average Bonchev–Trinajstić information content (AvgIpc) is 3.07. The molecule has 0 saturated carbocycles. The Morgan fingerprint density at radius 1 is 1.23 bits per heavy atom. The third-order valence-electron chi connectivity index (χ3n) is 5.02. The van der Waals surface area contributed by atoms with Crippen molar-refractivity contribution < 1.29 is 9.84 Å². The summed E-state index contributed by atoms with van der Waals surface area (Å²) >= 11 is 0. The minimum Gasteiger partial charge on any atom is -0.491 e. The number of anilines is 1. The summed E-state index contributed by atoms with van der Waals surface area (Å²) in [5, 5.41) is 13.9. The number of hydrogen-bond donors (Lipinski definition) is 2. The normalized spacial score (nSPS) is 12.5. The van der Waals surface area contributed by atoms with E-state index in [1.54, 1.807) is 11.6 Å². The molecule has 0 unspecified atom stereocenters. The van der Waals surface area contributed by atoms with E-state index in [4.69, 9.17) is 4.74 Å². The fourth-order valence-electron chi connectivity index (χ4n) is 3.31. The van der Waals surface area contributed by atoms with Crippen molar-refractivity contribution in [2.75, 3.05) is 39.1 Å². The topological polar surface area (TPSA) is 107 Å². The molecule has 10 nitrogen and oxygen atoms in total. The largest absolute Gasteiger partial charge is 0.491 e. The van der Waals surface area contributed by atoms with Crippen molar-refractivity contribution in [2.45, 2.75) is 19.6 Å². The van der Waals surface area contributed by atoms with Gasteiger partial charge in [-0.3, -0.25) is 13.9 Å². The Morgan fingerprint density at radius 2 is 1.97 bits per heavy atom. The van der Waals surface area contributed by atoms with Crippen LogP contribution in [0.1, 0.15) is 5.56 Å². The molecule has 3 aromatic rings. The van der Waals surface area contributed by atoms with Crippen LogP contribution in [-0.2, 0) is 20.6 Å². The first-order valence-electron chi connectivity index (χ1n) is 10.1. The van der Waals surface area contributed by atoms with Gasteiger partial charge in [-0.2, -0.15) is 4.98 Å². The zero-order valence-corrected chi connectivity index (χ0v) is 18.6. The molecule has 1 aromatic carbocycles. The van der Waals surface area contributed by atoms with Gasteiger partial charge in [0.1, 0.15) is 18.5 Å². The summed E-state index contributed by atoms with van der Waals surface area (Å²) in [6.45, 7) is 3.43.